The highest BCUT2D eigenvalue weighted by Gasteiger charge is 2.30. The third kappa shape index (κ3) is 5.65. The molecule has 0 aliphatic carbocycles. The number of aliphatic imine (C=N–C) groups is 1. The van der Waals surface area contributed by atoms with Crippen molar-refractivity contribution in [2.24, 2.45) is 4.99 Å². The zero-order valence-electron chi connectivity index (χ0n) is 18.9. The maximum absolute atomic E-state index is 12.7. The van der Waals surface area contributed by atoms with Gasteiger partial charge < -0.3 is 19.9 Å². The van der Waals surface area contributed by atoms with Gasteiger partial charge in [-0.15, -0.1) is 0 Å². The van der Waals surface area contributed by atoms with Crippen LogP contribution in [0.15, 0.2) is 29.3 Å². The van der Waals surface area contributed by atoms with Crippen LogP contribution in [0.2, 0.25) is 0 Å². The van der Waals surface area contributed by atoms with Crippen LogP contribution < -0.4 is 10.1 Å². The molecule has 0 spiro atoms. The number of carbonyl (C=O) groups excluding carboxylic acids is 1. The second-order valence-corrected chi connectivity index (χ2v) is 8.35. The van der Waals surface area contributed by atoms with Crippen LogP contribution >= 0.6 is 0 Å². The van der Waals surface area contributed by atoms with E-state index < -0.39 is 0 Å². The number of nitrogens with one attached hydrogen (secondary N) is 1. The molecule has 3 rings (SSSR count). The molecule has 2 aliphatic heterocycles. The predicted molar refractivity (Wildman–Crippen MR) is 121 cm³/mol. The van der Waals surface area contributed by atoms with Crippen molar-refractivity contribution < 1.29 is 9.53 Å². The molecule has 2 heterocycles. The lowest BCUT2D eigenvalue weighted by Gasteiger charge is -2.39. The van der Waals surface area contributed by atoms with Crippen molar-refractivity contribution in [2.45, 2.75) is 45.8 Å². The highest BCUT2D eigenvalue weighted by Crippen LogP contribution is 2.18. The van der Waals surface area contributed by atoms with Gasteiger partial charge in [0.1, 0.15) is 11.9 Å². The molecule has 1 amide bonds. The van der Waals surface area contributed by atoms with Gasteiger partial charge in [-0.2, -0.15) is 0 Å². The van der Waals surface area contributed by atoms with E-state index in [2.05, 4.69) is 40.0 Å². The summed E-state index contributed by atoms with van der Waals surface area (Å²) in [6.45, 7) is 12.2. The minimum Gasteiger partial charge on any atom is -0.489 e. The highest BCUT2D eigenvalue weighted by atomic mass is 16.5. The molecular weight excluding hydrogens is 378 g/mol. The van der Waals surface area contributed by atoms with E-state index in [0.29, 0.717) is 6.54 Å². The third-order valence-corrected chi connectivity index (χ3v) is 6.12. The Balaban J connectivity index is 1.44. The van der Waals surface area contributed by atoms with Crippen molar-refractivity contribution in [1.82, 2.24) is 20.0 Å². The highest BCUT2D eigenvalue weighted by molar-refractivity contribution is 5.82. The van der Waals surface area contributed by atoms with Crippen molar-refractivity contribution in [2.75, 3.05) is 52.9 Å². The summed E-state index contributed by atoms with van der Waals surface area (Å²) in [6, 6.07) is 8.04. The van der Waals surface area contributed by atoms with Gasteiger partial charge in [0.15, 0.2) is 5.96 Å². The minimum atomic E-state index is -0.0391. The lowest BCUT2D eigenvalue weighted by atomic mass is 10.2. The molecule has 0 radical (unpaired) electrons. The molecule has 0 aromatic heterocycles. The molecule has 2 fully saturated rings. The van der Waals surface area contributed by atoms with Crippen LogP contribution in [0.3, 0.4) is 0 Å². The van der Waals surface area contributed by atoms with Crippen LogP contribution in [-0.2, 0) is 4.79 Å². The predicted octanol–water partition coefficient (Wildman–Crippen LogP) is 1.97. The van der Waals surface area contributed by atoms with Crippen molar-refractivity contribution >= 4 is 11.9 Å². The molecular formula is C23H37N5O2. The first kappa shape index (κ1) is 22.4. The second-order valence-electron chi connectivity index (χ2n) is 8.35. The minimum absolute atomic E-state index is 0.0299. The van der Waals surface area contributed by atoms with Gasteiger partial charge in [0.05, 0.1) is 12.6 Å². The van der Waals surface area contributed by atoms with Gasteiger partial charge in [-0.25, -0.2) is 0 Å². The fraction of sp³-hybridized carbons (Fsp3) is 0.652. The second kappa shape index (κ2) is 10.7. The number of likely N-dealkylation sites (tertiary alicyclic amines) is 1. The molecule has 2 unspecified atom stereocenters. The van der Waals surface area contributed by atoms with Gasteiger partial charge in [0.2, 0.25) is 5.91 Å². The first-order valence-corrected chi connectivity index (χ1v) is 11.2. The number of para-hydroxylation sites is 1. The summed E-state index contributed by atoms with van der Waals surface area (Å²) in [4.78, 5) is 23.7. The fourth-order valence-corrected chi connectivity index (χ4v) is 4.19. The van der Waals surface area contributed by atoms with Gasteiger partial charge in [-0.3, -0.25) is 14.7 Å². The average Bonchev–Trinajstić information content (AvgIpc) is 3.30. The van der Waals surface area contributed by atoms with Gasteiger partial charge in [0.25, 0.3) is 0 Å². The number of guanidine groups is 1. The average molecular weight is 416 g/mol. The number of nitrogens with zero attached hydrogens (tertiary/aromatic N) is 4. The maximum atomic E-state index is 12.7. The van der Waals surface area contributed by atoms with E-state index in [-0.39, 0.29) is 18.1 Å². The van der Waals surface area contributed by atoms with Crippen LogP contribution in [-0.4, -0.2) is 91.6 Å². The summed E-state index contributed by atoms with van der Waals surface area (Å²) >= 11 is 0. The Bertz CT molecular complexity index is 724. The molecule has 2 aliphatic rings. The van der Waals surface area contributed by atoms with Gasteiger partial charge in [0, 0.05) is 46.3 Å². The van der Waals surface area contributed by atoms with E-state index in [4.69, 9.17) is 4.74 Å². The Morgan fingerprint density at radius 1 is 1.07 bits per heavy atom. The SMILES string of the molecule is CN=C(NCC(C)Oc1ccccc1C)N1CCN(C(C)C(=O)N2CCCC2)CC1. The fourth-order valence-electron chi connectivity index (χ4n) is 4.19. The number of benzene rings is 1. The normalized spacial score (nSPS) is 20.2. The van der Waals surface area contributed by atoms with Gasteiger partial charge in [-0.1, -0.05) is 18.2 Å². The number of aryl methyl sites for hydroxylation is 1. The lowest BCUT2D eigenvalue weighted by molar-refractivity contribution is -0.135. The molecule has 7 nitrogen and oxygen atoms in total. The molecule has 2 saturated heterocycles. The van der Waals surface area contributed by atoms with E-state index in [9.17, 15) is 4.79 Å². The summed E-state index contributed by atoms with van der Waals surface area (Å²) in [5.74, 6) is 2.10. The number of rotatable bonds is 6. The Morgan fingerprint density at radius 3 is 2.37 bits per heavy atom. The van der Waals surface area contributed by atoms with Crippen LogP contribution in [0.1, 0.15) is 32.3 Å². The molecule has 1 N–H and O–H groups in total. The van der Waals surface area contributed by atoms with E-state index in [0.717, 1.165) is 69.4 Å². The Labute approximate surface area is 181 Å². The van der Waals surface area contributed by atoms with Crippen LogP contribution in [0.5, 0.6) is 5.75 Å². The van der Waals surface area contributed by atoms with E-state index in [1.54, 1.807) is 0 Å². The topological polar surface area (TPSA) is 60.4 Å². The summed E-state index contributed by atoms with van der Waals surface area (Å²) in [6.07, 6.45) is 2.31. The first-order valence-electron chi connectivity index (χ1n) is 11.2. The van der Waals surface area contributed by atoms with E-state index in [1.807, 2.05) is 37.1 Å². The van der Waals surface area contributed by atoms with Crippen LogP contribution in [0.4, 0.5) is 0 Å². The van der Waals surface area contributed by atoms with Crippen molar-refractivity contribution in [3.8, 4) is 5.75 Å². The molecule has 2 atom stereocenters. The van der Waals surface area contributed by atoms with Gasteiger partial charge >= 0.3 is 0 Å². The smallest absolute Gasteiger partial charge is 0.239 e. The Hall–Kier alpha value is -2.28. The van der Waals surface area contributed by atoms with Gasteiger partial charge in [-0.05, 0) is 45.2 Å². The monoisotopic (exact) mass is 415 g/mol. The summed E-state index contributed by atoms with van der Waals surface area (Å²) in [5.41, 5.74) is 1.14. The standard InChI is InChI=1S/C23H37N5O2/c1-18-9-5-6-10-21(18)30-19(2)17-25-23(24-4)28-15-13-26(14-16-28)20(3)22(29)27-11-7-8-12-27/h5-6,9-10,19-20H,7-8,11-17H2,1-4H3,(H,24,25). The number of ether oxygens (including phenoxy) is 1. The third-order valence-electron chi connectivity index (χ3n) is 6.12. The molecule has 1 aromatic carbocycles. The maximum Gasteiger partial charge on any atom is 0.239 e. The quantitative estimate of drug-likeness (QED) is 0.569. The van der Waals surface area contributed by atoms with E-state index in [1.165, 1.54) is 0 Å². The number of hydrogen-bond acceptors (Lipinski definition) is 4. The summed E-state index contributed by atoms with van der Waals surface area (Å²) in [5, 5.41) is 3.45. The molecule has 166 valence electrons. The van der Waals surface area contributed by atoms with Crippen molar-refractivity contribution in [1.29, 1.82) is 0 Å². The molecule has 1 aromatic rings. The number of piperazine rings is 1. The van der Waals surface area contributed by atoms with E-state index >= 15 is 0 Å². The lowest BCUT2D eigenvalue weighted by Crippen LogP contribution is -2.57. The molecule has 30 heavy (non-hydrogen) atoms. The summed E-state index contributed by atoms with van der Waals surface area (Å²) < 4.78 is 6.06. The van der Waals surface area contributed by atoms with Crippen LogP contribution in [0, 0.1) is 6.92 Å². The number of hydrogen-bond donors (Lipinski definition) is 1. The molecule has 0 saturated carbocycles. The zero-order chi connectivity index (χ0) is 21.5. The Morgan fingerprint density at radius 2 is 1.73 bits per heavy atom. The largest absolute Gasteiger partial charge is 0.489 e. The van der Waals surface area contributed by atoms with Crippen molar-refractivity contribution in [3.63, 3.8) is 0 Å². The number of amides is 1. The molecule has 0 bridgehead atoms. The molecule has 7 heteroatoms. The first-order chi connectivity index (χ1) is 14.5. The zero-order valence-corrected chi connectivity index (χ0v) is 18.9. The van der Waals surface area contributed by atoms with Crippen molar-refractivity contribution in [3.05, 3.63) is 29.8 Å². The Kier molecular flexibility index (Phi) is 7.96. The summed E-state index contributed by atoms with van der Waals surface area (Å²) in [7, 11) is 1.82. The number of carbonyl (C=O) groups is 1. The van der Waals surface area contributed by atoms with Crippen LogP contribution in [0.25, 0.3) is 0 Å².